The molecule has 0 saturated heterocycles. The standard InChI is InChI=1S/C21H21IO3/c1-3-4-8-20-21(15-7-5-6-9-18(15)25-20)17(23)13-14-10-11-19(24-2)16(22)12-14/h5-7,9-12H,3-4,8,13H2,1-2H3. The van der Waals surface area contributed by atoms with Crippen LogP contribution in [-0.4, -0.2) is 12.9 Å². The Labute approximate surface area is 161 Å². The van der Waals surface area contributed by atoms with E-state index in [1.54, 1.807) is 7.11 Å². The highest BCUT2D eigenvalue weighted by Crippen LogP contribution is 2.29. The van der Waals surface area contributed by atoms with Gasteiger partial charge in [0, 0.05) is 18.2 Å². The lowest BCUT2D eigenvalue weighted by atomic mass is 9.98. The topological polar surface area (TPSA) is 39.4 Å². The second-order valence-corrected chi connectivity index (χ2v) is 7.23. The predicted molar refractivity (Wildman–Crippen MR) is 109 cm³/mol. The smallest absolute Gasteiger partial charge is 0.171 e. The second kappa shape index (κ2) is 8.04. The second-order valence-electron chi connectivity index (χ2n) is 6.07. The minimum atomic E-state index is 0.108. The SMILES string of the molecule is CCCCc1oc2ccccc2c1C(=O)Cc1ccc(OC)c(I)c1. The lowest BCUT2D eigenvalue weighted by Crippen LogP contribution is -2.06. The van der Waals surface area contributed by atoms with Gasteiger partial charge in [0.25, 0.3) is 0 Å². The van der Waals surface area contributed by atoms with Crippen LogP contribution in [0.25, 0.3) is 11.0 Å². The van der Waals surface area contributed by atoms with Crippen molar-refractivity contribution in [2.75, 3.05) is 7.11 Å². The average molecular weight is 448 g/mol. The first-order valence-electron chi connectivity index (χ1n) is 8.50. The van der Waals surface area contributed by atoms with Gasteiger partial charge >= 0.3 is 0 Å². The van der Waals surface area contributed by atoms with E-state index in [-0.39, 0.29) is 5.78 Å². The minimum absolute atomic E-state index is 0.108. The Bertz CT molecular complexity index is 895. The molecular formula is C21H21IO3. The summed E-state index contributed by atoms with van der Waals surface area (Å²) in [6.45, 7) is 2.14. The molecule has 0 N–H and O–H groups in total. The number of unbranched alkanes of at least 4 members (excludes halogenated alkanes) is 1. The summed E-state index contributed by atoms with van der Waals surface area (Å²) < 4.78 is 12.3. The molecule has 0 radical (unpaired) electrons. The minimum Gasteiger partial charge on any atom is -0.496 e. The maximum Gasteiger partial charge on any atom is 0.171 e. The molecule has 0 bridgehead atoms. The van der Waals surface area contributed by atoms with Crippen molar-refractivity contribution >= 4 is 39.3 Å². The maximum absolute atomic E-state index is 13.0. The number of rotatable bonds is 7. The number of fused-ring (bicyclic) bond motifs is 1. The predicted octanol–water partition coefficient (Wildman–Crippen LogP) is 5.81. The van der Waals surface area contributed by atoms with Crippen molar-refractivity contribution < 1.29 is 13.9 Å². The Kier molecular flexibility index (Phi) is 5.78. The van der Waals surface area contributed by atoms with Crippen LogP contribution < -0.4 is 4.74 Å². The van der Waals surface area contributed by atoms with Gasteiger partial charge in [-0.3, -0.25) is 4.79 Å². The number of carbonyl (C=O) groups is 1. The van der Waals surface area contributed by atoms with Crippen LogP contribution in [0.15, 0.2) is 46.9 Å². The highest BCUT2D eigenvalue weighted by molar-refractivity contribution is 14.1. The van der Waals surface area contributed by atoms with Gasteiger partial charge in [0.15, 0.2) is 5.78 Å². The molecule has 3 nitrogen and oxygen atoms in total. The van der Waals surface area contributed by atoms with Crippen LogP contribution in [0.5, 0.6) is 5.75 Å². The average Bonchev–Trinajstić information content (AvgIpc) is 2.98. The monoisotopic (exact) mass is 448 g/mol. The lowest BCUT2D eigenvalue weighted by Gasteiger charge is -2.07. The molecule has 4 heteroatoms. The Morgan fingerprint density at radius 1 is 1.20 bits per heavy atom. The highest BCUT2D eigenvalue weighted by Gasteiger charge is 2.20. The zero-order valence-electron chi connectivity index (χ0n) is 14.5. The molecule has 0 fully saturated rings. The molecule has 130 valence electrons. The largest absolute Gasteiger partial charge is 0.496 e. The Hall–Kier alpha value is -1.82. The third-order valence-corrected chi connectivity index (χ3v) is 5.13. The molecule has 2 aromatic carbocycles. The Morgan fingerprint density at radius 3 is 2.72 bits per heavy atom. The molecule has 3 rings (SSSR count). The number of hydrogen-bond acceptors (Lipinski definition) is 3. The van der Waals surface area contributed by atoms with E-state index in [1.165, 1.54) is 0 Å². The molecule has 1 aromatic heterocycles. The van der Waals surface area contributed by atoms with E-state index in [0.717, 1.165) is 56.4 Å². The number of aryl methyl sites for hydroxylation is 1. The highest BCUT2D eigenvalue weighted by atomic mass is 127. The summed E-state index contributed by atoms with van der Waals surface area (Å²) in [5.74, 6) is 1.75. The van der Waals surface area contributed by atoms with Crippen molar-refractivity contribution in [1.29, 1.82) is 0 Å². The van der Waals surface area contributed by atoms with Crippen LogP contribution in [0, 0.1) is 3.57 Å². The number of benzene rings is 2. The van der Waals surface area contributed by atoms with E-state index < -0.39 is 0 Å². The quantitative estimate of drug-likeness (QED) is 0.338. The number of methoxy groups -OCH3 is 1. The molecular weight excluding hydrogens is 427 g/mol. The summed E-state index contributed by atoms with van der Waals surface area (Å²) in [6, 6.07) is 13.7. The number of hydrogen-bond donors (Lipinski definition) is 0. The molecule has 0 aliphatic carbocycles. The van der Waals surface area contributed by atoms with E-state index in [4.69, 9.17) is 9.15 Å². The third kappa shape index (κ3) is 3.89. The van der Waals surface area contributed by atoms with Crippen LogP contribution in [0.1, 0.15) is 41.4 Å². The third-order valence-electron chi connectivity index (χ3n) is 4.29. The first kappa shape index (κ1) is 18.0. The van der Waals surface area contributed by atoms with Crippen LogP contribution >= 0.6 is 22.6 Å². The molecule has 0 aliphatic heterocycles. The van der Waals surface area contributed by atoms with Gasteiger partial charge in [0.2, 0.25) is 0 Å². The lowest BCUT2D eigenvalue weighted by molar-refractivity contribution is 0.0992. The van der Waals surface area contributed by atoms with Gasteiger partial charge in [-0.1, -0.05) is 37.6 Å². The zero-order chi connectivity index (χ0) is 17.8. The van der Waals surface area contributed by atoms with Crippen molar-refractivity contribution in [1.82, 2.24) is 0 Å². The molecule has 3 aromatic rings. The van der Waals surface area contributed by atoms with Crippen molar-refractivity contribution in [3.8, 4) is 5.75 Å². The van der Waals surface area contributed by atoms with Crippen LogP contribution in [0.3, 0.4) is 0 Å². The number of Topliss-reactive ketones (excluding diaryl/α,β-unsaturated/α-hetero) is 1. The number of ether oxygens (including phenoxy) is 1. The molecule has 0 saturated carbocycles. The fourth-order valence-corrected chi connectivity index (χ4v) is 3.81. The van der Waals surface area contributed by atoms with Gasteiger partial charge in [0.1, 0.15) is 17.1 Å². The van der Waals surface area contributed by atoms with Crippen molar-refractivity contribution in [2.24, 2.45) is 0 Å². The number of para-hydroxylation sites is 1. The van der Waals surface area contributed by atoms with E-state index in [2.05, 4.69) is 29.5 Å². The first-order valence-corrected chi connectivity index (χ1v) is 9.58. The van der Waals surface area contributed by atoms with Gasteiger partial charge in [0.05, 0.1) is 16.2 Å². The normalized spacial score (nSPS) is 11.0. The van der Waals surface area contributed by atoms with Crippen molar-refractivity contribution in [3.05, 3.63) is 62.9 Å². The van der Waals surface area contributed by atoms with E-state index in [9.17, 15) is 4.79 Å². The van der Waals surface area contributed by atoms with Crippen LogP contribution in [0.4, 0.5) is 0 Å². The van der Waals surface area contributed by atoms with Gasteiger partial charge in [-0.15, -0.1) is 0 Å². The first-order chi connectivity index (χ1) is 12.1. The summed E-state index contributed by atoms with van der Waals surface area (Å²) in [5, 5.41) is 0.918. The van der Waals surface area contributed by atoms with Gasteiger partial charge < -0.3 is 9.15 Å². The summed E-state index contributed by atoms with van der Waals surface area (Å²) in [7, 11) is 1.65. The van der Waals surface area contributed by atoms with Crippen LogP contribution in [-0.2, 0) is 12.8 Å². The molecule has 0 spiro atoms. The summed E-state index contributed by atoms with van der Waals surface area (Å²) in [6.07, 6.45) is 3.25. The molecule has 0 unspecified atom stereocenters. The number of carbonyl (C=O) groups excluding carboxylic acids is 1. The van der Waals surface area contributed by atoms with Gasteiger partial charge in [-0.25, -0.2) is 0 Å². The van der Waals surface area contributed by atoms with Crippen molar-refractivity contribution in [3.63, 3.8) is 0 Å². The fraction of sp³-hybridized carbons (Fsp3) is 0.286. The van der Waals surface area contributed by atoms with Gasteiger partial charge in [-0.2, -0.15) is 0 Å². The van der Waals surface area contributed by atoms with Crippen molar-refractivity contribution in [2.45, 2.75) is 32.6 Å². The van der Waals surface area contributed by atoms with E-state index in [1.807, 2.05) is 42.5 Å². The van der Waals surface area contributed by atoms with E-state index in [0.29, 0.717) is 6.42 Å². The molecule has 0 aliphatic rings. The zero-order valence-corrected chi connectivity index (χ0v) is 16.6. The molecule has 0 atom stereocenters. The molecule has 25 heavy (non-hydrogen) atoms. The summed E-state index contributed by atoms with van der Waals surface area (Å²) >= 11 is 2.23. The number of furan rings is 1. The Balaban J connectivity index is 1.94. The number of halogens is 1. The molecule has 1 heterocycles. The maximum atomic E-state index is 13.0. The number of ketones is 1. The summed E-state index contributed by atoms with van der Waals surface area (Å²) in [4.78, 5) is 13.0. The fourth-order valence-electron chi connectivity index (χ4n) is 3.01. The van der Waals surface area contributed by atoms with Gasteiger partial charge in [-0.05, 0) is 52.8 Å². The Morgan fingerprint density at radius 2 is 2.00 bits per heavy atom. The van der Waals surface area contributed by atoms with Crippen LogP contribution in [0.2, 0.25) is 0 Å². The summed E-state index contributed by atoms with van der Waals surface area (Å²) in [5.41, 5.74) is 2.53. The van der Waals surface area contributed by atoms with E-state index >= 15 is 0 Å². The molecule has 0 amide bonds.